The summed E-state index contributed by atoms with van der Waals surface area (Å²) in [6, 6.07) is -0.821. The van der Waals surface area contributed by atoms with Gasteiger partial charge in [0.1, 0.15) is 24.4 Å². The number of ether oxygens (including phenoxy) is 2. The van der Waals surface area contributed by atoms with Gasteiger partial charge < -0.3 is 40.3 Å². The summed E-state index contributed by atoms with van der Waals surface area (Å²) in [6.45, 7) is 3.76. The van der Waals surface area contributed by atoms with E-state index in [2.05, 4.69) is 67.8 Å². The van der Waals surface area contributed by atoms with Gasteiger partial charge in [-0.3, -0.25) is 4.79 Å². The summed E-state index contributed by atoms with van der Waals surface area (Å²) < 4.78 is 11.3. The maximum atomic E-state index is 13.1. The zero-order chi connectivity index (χ0) is 55.0. The number of hydrogen-bond acceptors (Lipinski definition) is 8. The Morgan fingerprint density at radius 2 is 0.789 bits per heavy atom. The van der Waals surface area contributed by atoms with Crippen molar-refractivity contribution >= 4 is 5.91 Å². The van der Waals surface area contributed by atoms with Crippen molar-refractivity contribution in [2.75, 3.05) is 13.2 Å². The van der Waals surface area contributed by atoms with Crippen LogP contribution in [0.25, 0.3) is 0 Å². The van der Waals surface area contributed by atoms with Gasteiger partial charge >= 0.3 is 0 Å². The third-order valence-corrected chi connectivity index (χ3v) is 15.3. The number of allylic oxidation sites excluding steroid dienone is 9. The lowest BCUT2D eigenvalue weighted by atomic mass is 9.99. The molecule has 444 valence electrons. The van der Waals surface area contributed by atoms with Crippen molar-refractivity contribution in [1.29, 1.82) is 0 Å². The van der Waals surface area contributed by atoms with Gasteiger partial charge in [-0.05, 0) is 70.6 Å². The highest BCUT2D eigenvalue weighted by atomic mass is 16.7. The molecule has 6 N–H and O–H groups in total. The number of rotatable bonds is 56. The predicted octanol–water partition coefficient (Wildman–Crippen LogP) is 17.0. The van der Waals surface area contributed by atoms with Gasteiger partial charge in [0.05, 0.1) is 25.4 Å². The Kier molecular flexibility index (Phi) is 53.1. The molecule has 1 fully saturated rings. The van der Waals surface area contributed by atoms with Gasteiger partial charge in [0.25, 0.3) is 0 Å². The van der Waals surface area contributed by atoms with Crippen LogP contribution in [0, 0.1) is 0 Å². The van der Waals surface area contributed by atoms with Crippen LogP contribution in [0.4, 0.5) is 0 Å². The Balaban J connectivity index is 2.05. The second-order valence-corrected chi connectivity index (χ2v) is 22.5. The van der Waals surface area contributed by atoms with Crippen LogP contribution in [-0.4, -0.2) is 87.5 Å². The minimum absolute atomic E-state index is 0.183. The summed E-state index contributed by atoms with van der Waals surface area (Å²) in [5.74, 6) is -0.183. The number of carbonyl (C=O) groups is 1. The van der Waals surface area contributed by atoms with Crippen LogP contribution in [-0.2, 0) is 14.3 Å². The summed E-state index contributed by atoms with van der Waals surface area (Å²) in [5, 5.41) is 54.5. The molecule has 1 rings (SSSR count). The molecular weight excluding hydrogens is 947 g/mol. The summed E-state index contributed by atoms with van der Waals surface area (Å²) in [4.78, 5) is 13.1. The molecule has 1 saturated heterocycles. The summed E-state index contributed by atoms with van der Waals surface area (Å²) in [5.41, 5.74) is 0. The van der Waals surface area contributed by atoms with Crippen molar-refractivity contribution in [3.05, 3.63) is 60.8 Å². The highest BCUT2D eigenvalue weighted by Gasteiger charge is 2.44. The third-order valence-electron chi connectivity index (χ3n) is 15.3. The molecule has 0 spiro atoms. The molecule has 7 unspecified atom stereocenters. The fourth-order valence-electron chi connectivity index (χ4n) is 10.2. The lowest BCUT2D eigenvalue weighted by molar-refractivity contribution is -0.302. The van der Waals surface area contributed by atoms with Crippen LogP contribution in [0.1, 0.15) is 303 Å². The van der Waals surface area contributed by atoms with Gasteiger partial charge in [-0.1, -0.05) is 286 Å². The number of hydrogen-bond donors (Lipinski definition) is 6. The van der Waals surface area contributed by atoms with Crippen LogP contribution >= 0.6 is 0 Å². The molecule has 1 amide bonds. The molecule has 76 heavy (non-hydrogen) atoms. The highest BCUT2D eigenvalue weighted by Crippen LogP contribution is 2.23. The second kappa shape index (κ2) is 56.2. The van der Waals surface area contributed by atoms with E-state index in [0.29, 0.717) is 6.42 Å². The fraction of sp³-hybridized carbons (Fsp3) is 0.836. The monoisotopic (exact) mass is 1070 g/mol. The van der Waals surface area contributed by atoms with E-state index < -0.39 is 49.5 Å². The van der Waals surface area contributed by atoms with Crippen LogP contribution in [0.15, 0.2) is 60.8 Å². The first-order chi connectivity index (χ1) is 37.3. The van der Waals surface area contributed by atoms with Crippen LogP contribution in [0.2, 0.25) is 0 Å². The minimum atomic E-state index is -1.57. The zero-order valence-electron chi connectivity index (χ0n) is 49.5. The number of amides is 1. The van der Waals surface area contributed by atoms with E-state index in [1.165, 1.54) is 231 Å². The largest absolute Gasteiger partial charge is 0.394 e. The van der Waals surface area contributed by atoms with Crippen LogP contribution in [0.3, 0.4) is 0 Å². The molecule has 1 aliphatic rings. The standard InChI is InChI=1S/C67H123NO8/c1-3-5-7-9-11-13-15-17-19-20-21-22-23-24-25-26-27-28-29-30-31-32-33-34-35-36-37-38-39-40-41-42-43-45-47-49-51-53-55-57-63(71)68-60(59-75-67-66(74)65(73)64(72)62(58-69)76-67)61(70)56-54-52-50-48-46-44-18-16-14-12-10-8-6-4-2/h15,17,20-21,23-24,46,48,54,56,60-62,64-67,69-70,72-74H,3-14,16,18-19,22,25-45,47,49-53,55,57-59H2,1-2H3,(H,68,71)/b17-15-,21-20-,24-23-,48-46+,56-54+. The van der Waals surface area contributed by atoms with E-state index in [-0.39, 0.29) is 12.5 Å². The van der Waals surface area contributed by atoms with E-state index in [1.807, 2.05) is 6.08 Å². The maximum Gasteiger partial charge on any atom is 0.220 e. The van der Waals surface area contributed by atoms with Crippen molar-refractivity contribution in [2.24, 2.45) is 0 Å². The minimum Gasteiger partial charge on any atom is -0.394 e. The highest BCUT2D eigenvalue weighted by molar-refractivity contribution is 5.76. The van der Waals surface area contributed by atoms with E-state index in [1.54, 1.807) is 6.08 Å². The molecule has 0 aromatic carbocycles. The van der Waals surface area contributed by atoms with Crippen molar-refractivity contribution in [3.63, 3.8) is 0 Å². The molecule has 7 atom stereocenters. The average molecular weight is 1070 g/mol. The Morgan fingerprint density at radius 1 is 0.447 bits per heavy atom. The molecule has 0 aromatic rings. The van der Waals surface area contributed by atoms with Gasteiger partial charge in [0.15, 0.2) is 6.29 Å². The molecular formula is C67H123NO8. The molecule has 0 radical (unpaired) electrons. The SMILES string of the molecule is CCCCCCC/C=C\C/C=C\C/C=C\CCCCCCCCCCCCCCCCCCCCCCCCCCC(=O)NC(COC1OC(CO)C(O)C(O)C1O)C(O)/C=C/CC/C=C/CCCCCCCCCC. The number of unbranched alkanes of at least 4 members (excludes halogenated alkanes) is 38. The normalized spacial score (nSPS) is 19.2. The molecule has 0 bridgehead atoms. The lowest BCUT2D eigenvalue weighted by Gasteiger charge is -2.40. The summed E-state index contributed by atoms with van der Waals surface area (Å²) in [7, 11) is 0. The number of nitrogens with one attached hydrogen (secondary N) is 1. The zero-order valence-corrected chi connectivity index (χ0v) is 49.5. The van der Waals surface area contributed by atoms with E-state index >= 15 is 0 Å². The Bertz CT molecular complexity index is 1380. The van der Waals surface area contributed by atoms with E-state index in [4.69, 9.17) is 9.47 Å². The summed E-state index contributed by atoms with van der Waals surface area (Å²) >= 11 is 0. The first-order valence-electron chi connectivity index (χ1n) is 32.5. The number of carbonyl (C=O) groups excluding carboxylic acids is 1. The quantitative estimate of drug-likeness (QED) is 0.0261. The molecule has 9 heteroatoms. The van der Waals surface area contributed by atoms with Crippen LogP contribution < -0.4 is 5.32 Å². The Labute approximate surface area is 468 Å². The molecule has 1 aliphatic heterocycles. The van der Waals surface area contributed by atoms with Gasteiger partial charge in [-0.2, -0.15) is 0 Å². The fourth-order valence-corrected chi connectivity index (χ4v) is 10.2. The second-order valence-electron chi connectivity index (χ2n) is 22.5. The van der Waals surface area contributed by atoms with Crippen molar-refractivity contribution < 1.29 is 39.8 Å². The smallest absolute Gasteiger partial charge is 0.220 e. The number of aliphatic hydroxyl groups excluding tert-OH is 5. The molecule has 0 saturated carbocycles. The van der Waals surface area contributed by atoms with Gasteiger partial charge in [-0.15, -0.1) is 0 Å². The molecule has 0 aromatic heterocycles. The van der Waals surface area contributed by atoms with E-state index in [0.717, 1.165) is 51.4 Å². The first-order valence-corrected chi connectivity index (χ1v) is 32.5. The molecule has 1 heterocycles. The predicted molar refractivity (Wildman–Crippen MR) is 322 cm³/mol. The Hall–Kier alpha value is -2.11. The third kappa shape index (κ3) is 44.7. The van der Waals surface area contributed by atoms with Gasteiger partial charge in [0.2, 0.25) is 5.91 Å². The average Bonchev–Trinajstić information content (AvgIpc) is 3.42. The van der Waals surface area contributed by atoms with Crippen molar-refractivity contribution in [3.8, 4) is 0 Å². The number of aliphatic hydroxyl groups is 5. The molecule has 0 aliphatic carbocycles. The van der Waals surface area contributed by atoms with Crippen molar-refractivity contribution in [1.82, 2.24) is 5.32 Å². The van der Waals surface area contributed by atoms with Gasteiger partial charge in [-0.25, -0.2) is 0 Å². The van der Waals surface area contributed by atoms with Crippen LogP contribution in [0.5, 0.6) is 0 Å². The lowest BCUT2D eigenvalue weighted by Crippen LogP contribution is -2.60. The maximum absolute atomic E-state index is 13.1. The molecule has 9 nitrogen and oxygen atoms in total. The van der Waals surface area contributed by atoms with Gasteiger partial charge in [0, 0.05) is 6.42 Å². The van der Waals surface area contributed by atoms with Crippen molar-refractivity contribution in [2.45, 2.75) is 346 Å². The first kappa shape index (κ1) is 71.9. The Morgan fingerprint density at radius 3 is 1.20 bits per heavy atom. The topological polar surface area (TPSA) is 149 Å². The summed E-state index contributed by atoms with van der Waals surface area (Å²) in [6.07, 6.45) is 70.5. The van der Waals surface area contributed by atoms with E-state index in [9.17, 15) is 30.3 Å².